The molecule has 0 aliphatic carbocycles. The van der Waals surface area contributed by atoms with Gasteiger partial charge in [0.25, 0.3) is 5.91 Å². The van der Waals surface area contributed by atoms with E-state index in [9.17, 15) is 4.79 Å². The largest absolute Gasteiger partial charge is 0.459 e. The third-order valence-electron chi connectivity index (χ3n) is 5.41. The number of benzene rings is 1. The van der Waals surface area contributed by atoms with E-state index in [1.54, 1.807) is 18.4 Å². The van der Waals surface area contributed by atoms with Crippen LogP contribution in [-0.2, 0) is 6.54 Å². The van der Waals surface area contributed by atoms with E-state index in [0.717, 1.165) is 19.4 Å². The highest BCUT2D eigenvalue weighted by molar-refractivity contribution is 5.91. The Bertz CT molecular complexity index is 654. The molecule has 0 saturated carbocycles. The van der Waals surface area contributed by atoms with Gasteiger partial charge >= 0.3 is 0 Å². The molecule has 1 amide bonds. The van der Waals surface area contributed by atoms with Crippen molar-refractivity contribution in [2.75, 3.05) is 0 Å². The lowest BCUT2D eigenvalue weighted by molar-refractivity contribution is 0.0174. The first-order valence-electron chi connectivity index (χ1n) is 8.93. The number of amides is 1. The molecule has 4 heteroatoms. The number of furan rings is 1. The van der Waals surface area contributed by atoms with Crippen LogP contribution in [0.2, 0.25) is 0 Å². The van der Waals surface area contributed by atoms with Gasteiger partial charge in [0.15, 0.2) is 5.76 Å². The van der Waals surface area contributed by atoms with Gasteiger partial charge in [-0.25, -0.2) is 0 Å². The minimum atomic E-state index is -0.0837. The summed E-state index contributed by atoms with van der Waals surface area (Å²) in [7, 11) is 0. The number of hydrogen-bond acceptors (Lipinski definition) is 3. The zero-order valence-electron chi connectivity index (χ0n) is 13.9. The predicted octanol–water partition coefficient (Wildman–Crippen LogP) is 3.60. The molecule has 2 aromatic rings. The van der Waals surface area contributed by atoms with Crippen LogP contribution in [0, 0.1) is 0 Å². The van der Waals surface area contributed by atoms with E-state index in [2.05, 4.69) is 40.5 Å². The minimum absolute atomic E-state index is 0.0837. The van der Waals surface area contributed by atoms with E-state index >= 15 is 0 Å². The lowest BCUT2D eigenvalue weighted by atomic mass is 9.81. The molecule has 2 saturated heterocycles. The lowest BCUT2D eigenvalue weighted by Crippen LogP contribution is -2.56. The topological polar surface area (TPSA) is 45.5 Å². The molecule has 2 fully saturated rings. The highest BCUT2D eigenvalue weighted by atomic mass is 16.3. The molecule has 4 rings (SSSR count). The Balaban J connectivity index is 1.42. The van der Waals surface area contributed by atoms with Gasteiger partial charge in [-0.1, -0.05) is 36.8 Å². The molecule has 1 aromatic heterocycles. The second-order valence-electron chi connectivity index (χ2n) is 7.02. The van der Waals surface area contributed by atoms with E-state index in [1.165, 1.54) is 24.8 Å². The number of hydrogen-bond donors (Lipinski definition) is 1. The van der Waals surface area contributed by atoms with Gasteiger partial charge in [-0.2, -0.15) is 0 Å². The monoisotopic (exact) mass is 324 g/mol. The van der Waals surface area contributed by atoms with E-state index in [1.807, 2.05) is 0 Å². The van der Waals surface area contributed by atoms with E-state index in [4.69, 9.17) is 4.42 Å². The summed E-state index contributed by atoms with van der Waals surface area (Å²) in [5.41, 5.74) is 1.38. The Morgan fingerprint density at radius 2 is 1.83 bits per heavy atom. The van der Waals surface area contributed by atoms with Crippen molar-refractivity contribution >= 4 is 5.91 Å². The van der Waals surface area contributed by atoms with E-state index < -0.39 is 0 Å². The van der Waals surface area contributed by atoms with Gasteiger partial charge in [-0.15, -0.1) is 0 Å². The fourth-order valence-electron chi connectivity index (χ4n) is 4.31. The van der Waals surface area contributed by atoms with Crippen molar-refractivity contribution in [1.29, 1.82) is 0 Å². The molecule has 1 unspecified atom stereocenters. The van der Waals surface area contributed by atoms with Crippen LogP contribution in [0.1, 0.15) is 48.2 Å². The summed E-state index contributed by atoms with van der Waals surface area (Å²) in [6.45, 7) is 1.02. The van der Waals surface area contributed by atoms with Gasteiger partial charge in [-0.3, -0.25) is 9.69 Å². The number of fused-ring (bicyclic) bond motifs is 2. The lowest BCUT2D eigenvalue weighted by Gasteiger charge is -2.49. The molecule has 2 aliphatic heterocycles. The van der Waals surface area contributed by atoms with E-state index in [-0.39, 0.29) is 11.9 Å². The molecule has 126 valence electrons. The van der Waals surface area contributed by atoms with Gasteiger partial charge in [0.1, 0.15) is 0 Å². The van der Waals surface area contributed by atoms with Gasteiger partial charge in [0.2, 0.25) is 0 Å². The average molecular weight is 324 g/mol. The molecule has 4 nitrogen and oxygen atoms in total. The van der Waals surface area contributed by atoms with Crippen molar-refractivity contribution in [2.45, 2.75) is 56.8 Å². The first kappa shape index (κ1) is 15.5. The minimum Gasteiger partial charge on any atom is -0.459 e. The summed E-state index contributed by atoms with van der Waals surface area (Å²) >= 11 is 0. The maximum Gasteiger partial charge on any atom is 0.287 e. The van der Waals surface area contributed by atoms with E-state index in [0.29, 0.717) is 17.8 Å². The number of rotatable bonds is 4. The van der Waals surface area contributed by atoms with Crippen LogP contribution in [-0.4, -0.2) is 28.9 Å². The van der Waals surface area contributed by atoms with Crippen molar-refractivity contribution < 1.29 is 9.21 Å². The summed E-state index contributed by atoms with van der Waals surface area (Å²) in [6, 6.07) is 15.6. The number of nitrogens with zero attached hydrogens (tertiary/aromatic N) is 1. The third-order valence-corrected chi connectivity index (χ3v) is 5.41. The maximum absolute atomic E-state index is 12.2. The standard InChI is InChI=1S/C20H24N2O2/c23-20(19-10-5-11-24-19)21-16-12-17-8-4-9-18(13-16)22(17)14-15-6-2-1-3-7-15/h1-3,5-7,10-11,16-18H,4,8-9,12-14H2,(H,21,23)/t16?,17-,18+. The van der Waals surface area contributed by atoms with Gasteiger partial charge in [0.05, 0.1) is 6.26 Å². The number of piperidine rings is 2. The smallest absolute Gasteiger partial charge is 0.287 e. The number of nitrogens with one attached hydrogen (secondary N) is 1. The molecule has 0 spiro atoms. The van der Waals surface area contributed by atoms with Crippen molar-refractivity contribution in [3.63, 3.8) is 0 Å². The summed E-state index contributed by atoms with van der Waals surface area (Å²) in [5, 5.41) is 3.17. The van der Waals surface area contributed by atoms with Gasteiger partial charge in [-0.05, 0) is 43.4 Å². The van der Waals surface area contributed by atoms with Crippen molar-refractivity contribution in [1.82, 2.24) is 10.2 Å². The molecular formula is C20H24N2O2. The quantitative estimate of drug-likeness (QED) is 0.935. The molecule has 0 radical (unpaired) electrons. The zero-order valence-corrected chi connectivity index (χ0v) is 13.9. The summed E-state index contributed by atoms with van der Waals surface area (Å²) < 4.78 is 5.21. The first-order valence-corrected chi connectivity index (χ1v) is 8.93. The number of carbonyl (C=O) groups excluding carboxylic acids is 1. The van der Waals surface area contributed by atoms with Crippen LogP contribution in [0.4, 0.5) is 0 Å². The third kappa shape index (κ3) is 3.24. The van der Waals surface area contributed by atoms with Crippen molar-refractivity contribution in [3.8, 4) is 0 Å². The normalized spacial score (nSPS) is 26.9. The second-order valence-corrected chi connectivity index (χ2v) is 7.02. The molecule has 1 aromatic carbocycles. The zero-order chi connectivity index (χ0) is 16.4. The predicted molar refractivity (Wildman–Crippen MR) is 92.6 cm³/mol. The Labute approximate surface area is 142 Å². The van der Waals surface area contributed by atoms with Crippen LogP contribution in [0.3, 0.4) is 0 Å². The van der Waals surface area contributed by atoms with Crippen LogP contribution in [0.5, 0.6) is 0 Å². The SMILES string of the molecule is O=C(NC1C[C@H]2CCC[C@@H](C1)N2Cc1ccccc1)c1ccco1. The molecule has 3 atom stereocenters. The van der Waals surface area contributed by atoms with Crippen LogP contribution >= 0.6 is 0 Å². The van der Waals surface area contributed by atoms with Crippen LogP contribution in [0.15, 0.2) is 53.1 Å². The van der Waals surface area contributed by atoms with Gasteiger partial charge in [0, 0.05) is 24.7 Å². The van der Waals surface area contributed by atoms with Crippen molar-refractivity contribution in [2.24, 2.45) is 0 Å². The number of carbonyl (C=O) groups is 1. The fraction of sp³-hybridized carbons (Fsp3) is 0.450. The first-order chi connectivity index (χ1) is 11.8. The summed E-state index contributed by atoms with van der Waals surface area (Å²) in [4.78, 5) is 14.9. The van der Waals surface area contributed by atoms with Crippen LogP contribution in [0.25, 0.3) is 0 Å². The molecule has 2 aliphatic rings. The summed E-state index contributed by atoms with van der Waals surface area (Å²) in [6.07, 6.45) is 7.39. The fourth-order valence-corrected chi connectivity index (χ4v) is 4.31. The Kier molecular flexibility index (Phi) is 4.39. The highest BCUT2D eigenvalue weighted by Gasteiger charge is 2.38. The average Bonchev–Trinajstić information content (AvgIpc) is 3.11. The second kappa shape index (κ2) is 6.81. The molecule has 3 heterocycles. The molecular weight excluding hydrogens is 300 g/mol. The molecule has 2 bridgehead atoms. The molecule has 24 heavy (non-hydrogen) atoms. The Morgan fingerprint density at radius 1 is 1.08 bits per heavy atom. The Morgan fingerprint density at radius 3 is 2.50 bits per heavy atom. The highest BCUT2D eigenvalue weighted by Crippen LogP contribution is 2.35. The van der Waals surface area contributed by atoms with Gasteiger partial charge < -0.3 is 9.73 Å². The Hall–Kier alpha value is -2.07. The molecule has 1 N–H and O–H groups in total. The van der Waals surface area contributed by atoms with Crippen LogP contribution < -0.4 is 5.32 Å². The van der Waals surface area contributed by atoms with Crippen molar-refractivity contribution in [3.05, 3.63) is 60.1 Å². The maximum atomic E-state index is 12.2. The summed E-state index contributed by atoms with van der Waals surface area (Å²) in [5.74, 6) is 0.325.